The highest BCUT2D eigenvalue weighted by atomic mass is 16.4. The second kappa shape index (κ2) is 7.13. The summed E-state index contributed by atoms with van der Waals surface area (Å²) in [5.41, 5.74) is 6.97. The fourth-order valence-corrected chi connectivity index (χ4v) is 2.92. The van der Waals surface area contributed by atoms with Crippen LogP contribution in [0.4, 0.5) is 4.79 Å². The predicted molar refractivity (Wildman–Crippen MR) is 83.6 cm³/mol. The Morgan fingerprint density at radius 3 is 2.78 bits per heavy atom. The molecule has 1 aromatic rings. The second-order valence-corrected chi connectivity index (χ2v) is 5.76. The molecule has 0 aromatic heterocycles. The Morgan fingerprint density at radius 1 is 1.43 bits per heavy atom. The third-order valence-corrected chi connectivity index (χ3v) is 4.00. The summed E-state index contributed by atoms with van der Waals surface area (Å²) in [5, 5.41) is 11.7. The van der Waals surface area contributed by atoms with Crippen LogP contribution in [0.25, 0.3) is 0 Å². The molecular formula is C16H21N3O4. The van der Waals surface area contributed by atoms with Crippen molar-refractivity contribution in [2.45, 2.75) is 38.3 Å². The lowest BCUT2D eigenvalue weighted by Gasteiger charge is -2.25. The Bertz CT molecular complexity index is 617. The number of carboxylic acids is 1. The molecule has 2 atom stereocenters. The van der Waals surface area contributed by atoms with Gasteiger partial charge < -0.3 is 21.1 Å². The van der Waals surface area contributed by atoms with E-state index in [9.17, 15) is 19.5 Å². The van der Waals surface area contributed by atoms with Crippen molar-refractivity contribution in [3.63, 3.8) is 0 Å². The van der Waals surface area contributed by atoms with Gasteiger partial charge in [0, 0.05) is 6.54 Å². The standard InChI is InChI=1S/C16H21N3O4/c1-10-4-2-5-11(8-10)12(18-16(17)23)9-14(20)19-7-3-6-13(19)15(21)22/h2,4-5,8,12-13H,3,6-7,9H2,1H3,(H,21,22)(H3,17,18,23)/t12-,13+/m0/s1. The molecule has 1 aromatic carbocycles. The van der Waals surface area contributed by atoms with Crippen molar-refractivity contribution in [3.8, 4) is 0 Å². The molecule has 1 fully saturated rings. The summed E-state index contributed by atoms with van der Waals surface area (Å²) < 4.78 is 0. The average molecular weight is 319 g/mol. The van der Waals surface area contributed by atoms with Gasteiger partial charge in [0.25, 0.3) is 0 Å². The van der Waals surface area contributed by atoms with Crippen LogP contribution in [0.2, 0.25) is 0 Å². The molecule has 0 saturated carbocycles. The number of benzene rings is 1. The molecule has 0 radical (unpaired) electrons. The molecule has 0 spiro atoms. The number of hydrogen-bond acceptors (Lipinski definition) is 3. The maximum Gasteiger partial charge on any atom is 0.326 e. The highest BCUT2D eigenvalue weighted by Gasteiger charge is 2.34. The number of amides is 3. The zero-order valence-electron chi connectivity index (χ0n) is 13.0. The Hall–Kier alpha value is -2.57. The number of hydrogen-bond donors (Lipinski definition) is 3. The molecule has 2 rings (SSSR count). The molecule has 1 aliphatic rings. The van der Waals surface area contributed by atoms with Gasteiger partial charge in [-0.05, 0) is 25.3 Å². The van der Waals surface area contributed by atoms with Crippen LogP contribution in [-0.2, 0) is 9.59 Å². The Labute approximate surface area is 134 Å². The number of aryl methyl sites for hydroxylation is 1. The van der Waals surface area contributed by atoms with E-state index in [0.29, 0.717) is 19.4 Å². The van der Waals surface area contributed by atoms with E-state index in [1.54, 1.807) is 6.07 Å². The number of primary amides is 1. The summed E-state index contributed by atoms with van der Waals surface area (Å²) in [7, 11) is 0. The van der Waals surface area contributed by atoms with Gasteiger partial charge in [-0.15, -0.1) is 0 Å². The molecule has 1 saturated heterocycles. The molecule has 0 unspecified atom stereocenters. The molecule has 4 N–H and O–H groups in total. The van der Waals surface area contributed by atoms with Crippen LogP contribution in [0.1, 0.15) is 36.4 Å². The zero-order valence-corrected chi connectivity index (χ0v) is 13.0. The largest absolute Gasteiger partial charge is 0.480 e. The molecule has 0 bridgehead atoms. The maximum absolute atomic E-state index is 12.5. The molecule has 7 heteroatoms. The molecule has 124 valence electrons. The van der Waals surface area contributed by atoms with E-state index >= 15 is 0 Å². The first-order chi connectivity index (χ1) is 10.9. The van der Waals surface area contributed by atoms with Crippen molar-refractivity contribution in [2.75, 3.05) is 6.54 Å². The predicted octanol–water partition coefficient (Wildman–Crippen LogP) is 1.17. The Kier molecular flexibility index (Phi) is 5.20. The van der Waals surface area contributed by atoms with E-state index in [1.807, 2.05) is 25.1 Å². The Balaban J connectivity index is 2.15. The summed E-state index contributed by atoms with van der Waals surface area (Å²) >= 11 is 0. The van der Waals surface area contributed by atoms with Crippen LogP contribution < -0.4 is 11.1 Å². The van der Waals surface area contributed by atoms with Crippen LogP contribution in [-0.4, -0.2) is 40.5 Å². The number of likely N-dealkylation sites (tertiary alicyclic amines) is 1. The first-order valence-electron chi connectivity index (χ1n) is 7.53. The van der Waals surface area contributed by atoms with Gasteiger partial charge in [0.15, 0.2) is 0 Å². The highest BCUT2D eigenvalue weighted by molar-refractivity contribution is 5.85. The van der Waals surface area contributed by atoms with Crippen LogP contribution in [0, 0.1) is 6.92 Å². The summed E-state index contributed by atoms with van der Waals surface area (Å²) in [6.45, 7) is 2.33. The van der Waals surface area contributed by atoms with Gasteiger partial charge >= 0.3 is 12.0 Å². The molecular weight excluding hydrogens is 298 g/mol. The van der Waals surface area contributed by atoms with E-state index < -0.39 is 24.1 Å². The number of carboxylic acid groups (broad SMARTS) is 1. The van der Waals surface area contributed by atoms with Gasteiger partial charge in [-0.3, -0.25) is 4.79 Å². The van der Waals surface area contributed by atoms with Gasteiger partial charge in [-0.2, -0.15) is 0 Å². The van der Waals surface area contributed by atoms with Gasteiger partial charge in [-0.25, -0.2) is 9.59 Å². The molecule has 7 nitrogen and oxygen atoms in total. The van der Waals surface area contributed by atoms with Crippen LogP contribution in [0.3, 0.4) is 0 Å². The van der Waals surface area contributed by atoms with Gasteiger partial charge in [0.05, 0.1) is 12.5 Å². The fourth-order valence-electron chi connectivity index (χ4n) is 2.92. The number of nitrogens with two attached hydrogens (primary N) is 1. The molecule has 23 heavy (non-hydrogen) atoms. The minimum absolute atomic E-state index is 0.0177. The normalized spacial score (nSPS) is 18.5. The van der Waals surface area contributed by atoms with E-state index in [-0.39, 0.29) is 12.3 Å². The van der Waals surface area contributed by atoms with Crippen molar-refractivity contribution in [3.05, 3.63) is 35.4 Å². The number of rotatable bonds is 5. The lowest BCUT2D eigenvalue weighted by atomic mass is 10.0. The highest BCUT2D eigenvalue weighted by Crippen LogP contribution is 2.23. The van der Waals surface area contributed by atoms with Crippen LogP contribution in [0.15, 0.2) is 24.3 Å². The lowest BCUT2D eigenvalue weighted by molar-refractivity contribution is -0.148. The lowest BCUT2D eigenvalue weighted by Crippen LogP contribution is -2.43. The van der Waals surface area contributed by atoms with E-state index in [0.717, 1.165) is 11.1 Å². The summed E-state index contributed by atoms with van der Waals surface area (Å²) in [5.74, 6) is -1.29. The van der Waals surface area contributed by atoms with E-state index in [1.165, 1.54) is 4.90 Å². The summed E-state index contributed by atoms with van der Waals surface area (Å²) in [4.78, 5) is 36.3. The third-order valence-electron chi connectivity index (χ3n) is 4.00. The maximum atomic E-state index is 12.5. The van der Waals surface area contributed by atoms with E-state index in [4.69, 9.17) is 5.73 Å². The van der Waals surface area contributed by atoms with Crippen LogP contribution in [0.5, 0.6) is 0 Å². The molecule has 1 heterocycles. The molecule has 1 aliphatic heterocycles. The molecule has 3 amide bonds. The van der Waals surface area contributed by atoms with Gasteiger partial charge in [-0.1, -0.05) is 29.8 Å². The first kappa shape index (κ1) is 16.8. The van der Waals surface area contributed by atoms with Crippen molar-refractivity contribution in [1.29, 1.82) is 0 Å². The summed E-state index contributed by atoms with van der Waals surface area (Å²) in [6, 6.07) is 5.34. The smallest absolute Gasteiger partial charge is 0.326 e. The fraction of sp³-hybridized carbons (Fsp3) is 0.438. The monoisotopic (exact) mass is 319 g/mol. The average Bonchev–Trinajstić information content (AvgIpc) is 2.95. The second-order valence-electron chi connectivity index (χ2n) is 5.76. The minimum atomic E-state index is -0.995. The van der Waals surface area contributed by atoms with Gasteiger partial charge in [0.1, 0.15) is 6.04 Å². The Morgan fingerprint density at radius 2 is 2.17 bits per heavy atom. The van der Waals surface area contributed by atoms with Crippen molar-refractivity contribution < 1.29 is 19.5 Å². The van der Waals surface area contributed by atoms with Crippen molar-refractivity contribution in [2.24, 2.45) is 5.73 Å². The third kappa shape index (κ3) is 4.21. The SMILES string of the molecule is Cc1cccc([C@H](CC(=O)N2CCC[C@@H]2C(=O)O)NC(N)=O)c1. The quantitative estimate of drug-likeness (QED) is 0.756. The van der Waals surface area contributed by atoms with Gasteiger partial charge in [0.2, 0.25) is 5.91 Å². The van der Waals surface area contributed by atoms with E-state index in [2.05, 4.69) is 5.32 Å². The number of nitrogens with zero attached hydrogens (tertiary/aromatic N) is 1. The van der Waals surface area contributed by atoms with Crippen LogP contribution >= 0.6 is 0 Å². The minimum Gasteiger partial charge on any atom is -0.480 e. The number of urea groups is 1. The molecule has 0 aliphatic carbocycles. The summed E-state index contributed by atoms with van der Waals surface area (Å²) in [6.07, 6.45) is 1.11. The first-order valence-corrected chi connectivity index (χ1v) is 7.53. The zero-order chi connectivity index (χ0) is 17.0. The number of aliphatic carboxylic acids is 1. The number of nitrogens with one attached hydrogen (secondary N) is 1. The van der Waals surface area contributed by atoms with Crippen molar-refractivity contribution >= 4 is 17.9 Å². The van der Waals surface area contributed by atoms with Crippen molar-refractivity contribution in [1.82, 2.24) is 10.2 Å². The topological polar surface area (TPSA) is 113 Å². The number of carbonyl (C=O) groups is 3. The number of carbonyl (C=O) groups excluding carboxylic acids is 2.